The first kappa shape index (κ1) is 24.1. The number of aldehydes is 1. The molecule has 2 amide bonds. The Morgan fingerprint density at radius 1 is 1.28 bits per heavy atom. The number of carbonyl (C=O) groups is 2. The van der Waals surface area contributed by atoms with E-state index < -0.39 is 58.3 Å². The summed E-state index contributed by atoms with van der Waals surface area (Å²) in [7, 11) is -9.53. The van der Waals surface area contributed by atoms with E-state index in [0.29, 0.717) is 19.3 Å². The van der Waals surface area contributed by atoms with Crippen LogP contribution in [0.25, 0.3) is 0 Å². The van der Waals surface area contributed by atoms with E-state index in [2.05, 4.69) is 4.52 Å². The Bertz CT molecular complexity index is 754. The maximum atomic E-state index is 12.6. The molecule has 2 heterocycles. The van der Waals surface area contributed by atoms with E-state index in [1.54, 1.807) is 0 Å². The Labute approximate surface area is 166 Å². The molecule has 1 saturated heterocycles. The number of nitrogens with zero attached hydrogens (tertiary/aromatic N) is 2. The molecule has 15 heteroatoms. The zero-order chi connectivity index (χ0) is 22.0. The van der Waals surface area contributed by atoms with Gasteiger partial charge in [-0.1, -0.05) is 6.92 Å². The van der Waals surface area contributed by atoms with Crippen LogP contribution in [0.5, 0.6) is 0 Å². The lowest BCUT2D eigenvalue weighted by molar-refractivity contribution is -0.105. The summed E-state index contributed by atoms with van der Waals surface area (Å²) >= 11 is 0. The molecule has 2 aliphatic heterocycles. The van der Waals surface area contributed by atoms with Crippen LogP contribution in [0.4, 0.5) is 4.79 Å². The Balaban J connectivity index is 2.12. The molecule has 5 atom stereocenters. The van der Waals surface area contributed by atoms with Crippen molar-refractivity contribution in [1.82, 2.24) is 9.80 Å². The Morgan fingerprint density at radius 3 is 2.48 bits per heavy atom. The number of urea groups is 1. The monoisotopic (exact) mass is 458 g/mol. The maximum absolute atomic E-state index is 12.6. The fraction of sp³-hybridized carbons (Fsp3) is 0.714. The quantitative estimate of drug-likeness (QED) is 0.210. The Hall–Kier alpha value is -1.14. The highest BCUT2D eigenvalue weighted by Crippen LogP contribution is 2.55. The smallest absolute Gasteiger partial charge is 0.340 e. The highest BCUT2D eigenvalue weighted by molar-refractivity contribution is 7.70. The normalized spacial score (nSPS) is 30.3. The minimum atomic E-state index is -4.83. The van der Waals surface area contributed by atoms with Crippen molar-refractivity contribution in [3.8, 4) is 0 Å². The third-order valence-electron chi connectivity index (χ3n) is 4.23. The van der Waals surface area contributed by atoms with Crippen molar-refractivity contribution < 1.29 is 52.9 Å². The maximum Gasteiger partial charge on any atom is 0.340 e. The largest absolute Gasteiger partial charge is 0.387 e. The van der Waals surface area contributed by atoms with Crippen molar-refractivity contribution >= 4 is 27.5 Å². The second-order valence-corrected chi connectivity index (χ2v) is 10.7. The first-order chi connectivity index (χ1) is 13.4. The van der Waals surface area contributed by atoms with Gasteiger partial charge in [-0.05, 0) is 6.42 Å². The molecule has 13 nitrogen and oxygen atoms in total. The molecule has 0 saturated carbocycles. The number of aliphatic hydroxyl groups is 2. The molecule has 166 valence electrons. The van der Waals surface area contributed by atoms with Crippen LogP contribution in [-0.4, -0.2) is 97.1 Å². The summed E-state index contributed by atoms with van der Waals surface area (Å²) in [5.74, 6) is -1.42. The van der Waals surface area contributed by atoms with Gasteiger partial charge in [-0.15, -0.1) is 0 Å². The molecule has 29 heavy (non-hydrogen) atoms. The lowest BCUT2D eigenvalue weighted by atomic mass is 10.1. The molecule has 3 unspecified atom stereocenters. The van der Waals surface area contributed by atoms with Gasteiger partial charge in [-0.3, -0.25) is 18.8 Å². The molecular formula is C14H24N2O11P2. The van der Waals surface area contributed by atoms with Gasteiger partial charge in [0.2, 0.25) is 0 Å². The molecule has 0 spiro atoms. The predicted molar refractivity (Wildman–Crippen MR) is 96.6 cm³/mol. The van der Waals surface area contributed by atoms with E-state index in [1.165, 1.54) is 11.1 Å². The van der Waals surface area contributed by atoms with Crippen molar-refractivity contribution in [2.45, 2.75) is 37.9 Å². The first-order valence-electron chi connectivity index (χ1n) is 8.64. The van der Waals surface area contributed by atoms with Crippen LogP contribution >= 0.6 is 15.2 Å². The van der Waals surface area contributed by atoms with Gasteiger partial charge in [0.1, 0.15) is 24.6 Å². The van der Waals surface area contributed by atoms with Gasteiger partial charge >= 0.3 is 21.2 Å². The van der Waals surface area contributed by atoms with Gasteiger partial charge in [-0.2, -0.15) is 0 Å². The lowest BCUT2D eigenvalue weighted by Crippen LogP contribution is -2.53. The number of aliphatic hydroxyl groups excluding tert-OH is 2. The highest BCUT2D eigenvalue weighted by Gasteiger charge is 2.48. The average molecular weight is 458 g/mol. The van der Waals surface area contributed by atoms with E-state index in [4.69, 9.17) is 14.5 Å². The van der Waals surface area contributed by atoms with Crippen LogP contribution in [0.15, 0.2) is 11.8 Å². The minimum Gasteiger partial charge on any atom is -0.387 e. The standard InChI is InChI=1S/C14H24N2O11P2/c1-2-3-15-4-9(6-17)5-16(14(15)20)13-12(19)11(18)10(27-13)7-26-29(24,25)8-28(21,22)23/h5-6,10-13,18-19H,2-4,7-8H2,1H3,(H,24,25)(H2,21,22,23)/t10-,11?,12?,13-/m1/s1. The zero-order valence-electron chi connectivity index (χ0n) is 15.5. The van der Waals surface area contributed by atoms with E-state index in [1.807, 2.05) is 6.92 Å². The fourth-order valence-corrected chi connectivity index (χ4v) is 5.55. The van der Waals surface area contributed by atoms with Gasteiger partial charge in [0.25, 0.3) is 0 Å². The van der Waals surface area contributed by atoms with Crippen LogP contribution in [0.3, 0.4) is 0 Å². The van der Waals surface area contributed by atoms with E-state index in [0.717, 1.165) is 4.90 Å². The van der Waals surface area contributed by atoms with Gasteiger partial charge in [0.05, 0.1) is 13.2 Å². The molecule has 5 N–H and O–H groups in total. The lowest BCUT2D eigenvalue weighted by Gasteiger charge is -2.36. The average Bonchev–Trinajstić information content (AvgIpc) is 2.88. The topological polar surface area (TPSA) is 194 Å². The fourth-order valence-electron chi connectivity index (χ4n) is 2.98. The summed E-state index contributed by atoms with van der Waals surface area (Å²) in [4.78, 5) is 53.2. The van der Waals surface area contributed by atoms with E-state index in [9.17, 15) is 33.8 Å². The van der Waals surface area contributed by atoms with Crippen LogP contribution in [0, 0.1) is 0 Å². The Kier molecular flexibility index (Phi) is 7.77. The van der Waals surface area contributed by atoms with Crippen LogP contribution in [0.1, 0.15) is 13.3 Å². The second kappa shape index (κ2) is 9.34. The number of hydrogen-bond donors (Lipinski definition) is 5. The molecule has 2 rings (SSSR count). The molecule has 0 aliphatic carbocycles. The summed E-state index contributed by atoms with van der Waals surface area (Å²) in [6.07, 6.45) is -3.67. The third-order valence-corrected chi connectivity index (χ3v) is 7.69. The van der Waals surface area contributed by atoms with E-state index >= 15 is 0 Å². The number of ether oxygens (including phenoxy) is 1. The zero-order valence-corrected chi connectivity index (χ0v) is 17.3. The summed E-state index contributed by atoms with van der Waals surface area (Å²) in [5.41, 5.74) is 0.240. The van der Waals surface area contributed by atoms with Gasteiger partial charge in [-0.25, -0.2) is 4.79 Å². The number of hydrogen-bond acceptors (Lipinski definition) is 8. The highest BCUT2D eigenvalue weighted by atomic mass is 31.2. The van der Waals surface area contributed by atoms with Gasteiger partial charge < -0.3 is 39.1 Å². The molecule has 0 aromatic heterocycles. The molecule has 0 radical (unpaired) electrons. The van der Waals surface area contributed by atoms with Crippen molar-refractivity contribution in [2.24, 2.45) is 0 Å². The molecule has 0 aromatic rings. The molecule has 0 aromatic carbocycles. The van der Waals surface area contributed by atoms with Crippen molar-refractivity contribution in [3.05, 3.63) is 11.8 Å². The summed E-state index contributed by atoms with van der Waals surface area (Å²) in [5, 5.41) is 20.4. The second-order valence-electron chi connectivity index (χ2n) is 6.72. The Morgan fingerprint density at radius 2 is 1.93 bits per heavy atom. The first-order valence-corrected chi connectivity index (χ1v) is 12.2. The molecular weight excluding hydrogens is 434 g/mol. The number of carbonyl (C=O) groups excluding carboxylic acids is 2. The summed E-state index contributed by atoms with van der Waals surface area (Å²) in [6.45, 7) is 1.49. The van der Waals surface area contributed by atoms with Gasteiger partial charge in [0, 0.05) is 18.3 Å². The van der Waals surface area contributed by atoms with Gasteiger partial charge in [0.15, 0.2) is 12.1 Å². The SMILES string of the molecule is CCCN1CC(C=O)=CN([C@@H]2O[C@H](COP(=O)(O)CP(=O)(O)O)C(O)C2O)C1=O. The van der Waals surface area contributed by atoms with Crippen LogP contribution < -0.4 is 0 Å². The number of rotatable bonds is 9. The predicted octanol–water partition coefficient (Wildman–Crippen LogP) is -0.999. The molecule has 0 bridgehead atoms. The minimum absolute atomic E-state index is 0.0840. The third kappa shape index (κ3) is 6.17. The molecule has 1 fully saturated rings. The van der Waals surface area contributed by atoms with Crippen molar-refractivity contribution in [1.29, 1.82) is 0 Å². The van der Waals surface area contributed by atoms with Crippen LogP contribution in [-0.2, 0) is 23.2 Å². The molecule has 2 aliphatic rings. The van der Waals surface area contributed by atoms with Crippen molar-refractivity contribution in [3.63, 3.8) is 0 Å². The van der Waals surface area contributed by atoms with E-state index in [-0.39, 0.29) is 12.1 Å². The van der Waals surface area contributed by atoms with Crippen molar-refractivity contribution in [2.75, 3.05) is 25.6 Å². The van der Waals surface area contributed by atoms with Crippen LogP contribution in [0.2, 0.25) is 0 Å². The summed E-state index contributed by atoms with van der Waals surface area (Å²) < 4.78 is 32.6. The number of amides is 2. The summed E-state index contributed by atoms with van der Waals surface area (Å²) in [6, 6.07) is -0.565.